The molecule has 1 aromatic carbocycles. The van der Waals surface area contributed by atoms with Gasteiger partial charge in [-0.1, -0.05) is 31.5 Å². The molecule has 3 rings (SSSR count). The van der Waals surface area contributed by atoms with Gasteiger partial charge in [-0.2, -0.15) is 0 Å². The standard InChI is InChI=1S/C16H20OS/c1-12-4-3-9-16(17,10-7-12)14-6-2-5-13-8-11-18-15(13)14/h2,5-6,8,11-12,17H,3-4,7,9-10H2,1H3. The van der Waals surface area contributed by atoms with Crippen molar-refractivity contribution in [3.05, 3.63) is 35.2 Å². The minimum absolute atomic E-state index is 0.602. The molecule has 2 unspecified atom stereocenters. The summed E-state index contributed by atoms with van der Waals surface area (Å²) in [5.41, 5.74) is 0.555. The number of fused-ring (bicyclic) bond motifs is 1. The molecule has 1 heterocycles. The first-order valence-corrected chi connectivity index (χ1v) is 7.76. The SMILES string of the molecule is CC1CCCC(O)(c2cccc3ccsc23)CC1. The van der Waals surface area contributed by atoms with E-state index in [1.807, 2.05) is 0 Å². The van der Waals surface area contributed by atoms with Crippen LogP contribution >= 0.6 is 11.3 Å². The Morgan fingerprint density at radius 1 is 1.22 bits per heavy atom. The van der Waals surface area contributed by atoms with Crippen LogP contribution in [0.1, 0.15) is 44.6 Å². The van der Waals surface area contributed by atoms with Crippen LogP contribution in [0, 0.1) is 5.92 Å². The van der Waals surface area contributed by atoms with Crippen molar-refractivity contribution < 1.29 is 5.11 Å². The lowest BCUT2D eigenvalue weighted by Gasteiger charge is -2.28. The van der Waals surface area contributed by atoms with E-state index >= 15 is 0 Å². The third-order valence-electron chi connectivity index (χ3n) is 4.32. The molecular weight excluding hydrogens is 240 g/mol. The fourth-order valence-corrected chi connectivity index (χ4v) is 4.13. The lowest BCUT2D eigenvalue weighted by atomic mass is 9.86. The van der Waals surface area contributed by atoms with Gasteiger partial charge in [0.15, 0.2) is 0 Å². The van der Waals surface area contributed by atoms with Gasteiger partial charge in [-0.3, -0.25) is 0 Å². The van der Waals surface area contributed by atoms with Gasteiger partial charge in [0.05, 0.1) is 5.60 Å². The largest absolute Gasteiger partial charge is 0.385 e. The summed E-state index contributed by atoms with van der Waals surface area (Å²) in [5.74, 6) is 0.751. The highest BCUT2D eigenvalue weighted by atomic mass is 32.1. The molecule has 1 fully saturated rings. The van der Waals surface area contributed by atoms with Crippen molar-refractivity contribution in [3.8, 4) is 0 Å². The zero-order valence-corrected chi connectivity index (χ0v) is 11.7. The summed E-state index contributed by atoms with van der Waals surface area (Å²) >= 11 is 1.75. The molecule has 0 saturated heterocycles. The van der Waals surface area contributed by atoms with Crippen LogP contribution in [-0.2, 0) is 5.60 Å². The Balaban J connectivity index is 2.04. The summed E-state index contributed by atoms with van der Waals surface area (Å²) in [6, 6.07) is 8.48. The van der Waals surface area contributed by atoms with Crippen molar-refractivity contribution in [1.29, 1.82) is 0 Å². The molecule has 2 heteroatoms. The van der Waals surface area contributed by atoms with Gasteiger partial charge >= 0.3 is 0 Å². The van der Waals surface area contributed by atoms with Gasteiger partial charge in [0, 0.05) is 10.3 Å². The first-order chi connectivity index (χ1) is 8.69. The Hall–Kier alpha value is -0.860. The van der Waals surface area contributed by atoms with E-state index in [0.717, 1.165) is 37.2 Å². The van der Waals surface area contributed by atoms with Crippen molar-refractivity contribution in [2.45, 2.75) is 44.6 Å². The average molecular weight is 260 g/mol. The van der Waals surface area contributed by atoms with E-state index in [1.165, 1.54) is 16.5 Å². The molecule has 0 spiro atoms. The Labute approximate surface area is 112 Å². The third kappa shape index (κ3) is 2.08. The highest BCUT2D eigenvalue weighted by Gasteiger charge is 2.33. The monoisotopic (exact) mass is 260 g/mol. The topological polar surface area (TPSA) is 20.2 Å². The van der Waals surface area contributed by atoms with Crippen molar-refractivity contribution in [1.82, 2.24) is 0 Å². The Kier molecular flexibility index (Phi) is 3.16. The summed E-state index contributed by atoms with van der Waals surface area (Å²) < 4.78 is 1.27. The van der Waals surface area contributed by atoms with E-state index in [-0.39, 0.29) is 0 Å². The Morgan fingerprint density at radius 2 is 2.11 bits per heavy atom. The number of hydrogen-bond acceptors (Lipinski definition) is 2. The second-order valence-electron chi connectivity index (χ2n) is 5.71. The molecule has 2 atom stereocenters. The number of hydrogen-bond donors (Lipinski definition) is 1. The van der Waals surface area contributed by atoms with Crippen LogP contribution in [0.5, 0.6) is 0 Å². The van der Waals surface area contributed by atoms with Crippen molar-refractivity contribution >= 4 is 21.4 Å². The summed E-state index contributed by atoms with van der Waals surface area (Å²) in [5, 5.41) is 14.5. The molecule has 0 aliphatic heterocycles. The van der Waals surface area contributed by atoms with E-state index < -0.39 is 5.60 Å². The van der Waals surface area contributed by atoms with E-state index in [9.17, 15) is 5.11 Å². The fourth-order valence-electron chi connectivity index (χ4n) is 3.13. The maximum absolute atomic E-state index is 11.1. The van der Waals surface area contributed by atoms with E-state index in [0.29, 0.717) is 0 Å². The van der Waals surface area contributed by atoms with Gasteiger partial charge in [-0.25, -0.2) is 0 Å². The van der Waals surface area contributed by atoms with Crippen LogP contribution in [0.4, 0.5) is 0 Å². The zero-order valence-electron chi connectivity index (χ0n) is 10.9. The first kappa shape index (κ1) is 12.2. The summed E-state index contributed by atoms with van der Waals surface area (Å²) in [6.45, 7) is 2.30. The van der Waals surface area contributed by atoms with E-state index in [1.54, 1.807) is 11.3 Å². The highest BCUT2D eigenvalue weighted by molar-refractivity contribution is 7.17. The van der Waals surface area contributed by atoms with Crippen LogP contribution in [0.15, 0.2) is 29.6 Å². The molecule has 1 saturated carbocycles. The molecular formula is C16H20OS. The average Bonchev–Trinajstić information content (AvgIpc) is 2.77. The quantitative estimate of drug-likeness (QED) is 0.738. The minimum Gasteiger partial charge on any atom is -0.385 e. The predicted octanol–water partition coefficient (Wildman–Crippen LogP) is 4.69. The highest BCUT2D eigenvalue weighted by Crippen LogP contribution is 2.41. The predicted molar refractivity (Wildman–Crippen MR) is 78.0 cm³/mol. The van der Waals surface area contributed by atoms with Gasteiger partial charge in [0.1, 0.15) is 0 Å². The molecule has 1 nitrogen and oxygen atoms in total. The number of aliphatic hydroxyl groups is 1. The van der Waals surface area contributed by atoms with E-state index in [2.05, 4.69) is 36.6 Å². The fraction of sp³-hybridized carbons (Fsp3) is 0.500. The maximum atomic E-state index is 11.1. The van der Waals surface area contributed by atoms with Crippen LogP contribution in [-0.4, -0.2) is 5.11 Å². The van der Waals surface area contributed by atoms with Crippen molar-refractivity contribution in [3.63, 3.8) is 0 Å². The lowest BCUT2D eigenvalue weighted by Crippen LogP contribution is -2.24. The first-order valence-electron chi connectivity index (χ1n) is 6.88. The van der Waals surface area contributed by atoms with Gasteiger partial charge in [-0.15, -0.1) is 11.3 Å². The van der Waals surface area contributed by atoms with Gasteiger partial charge < -0.3 is 5.11 Å². The normalized spacial score (nSPS) is 29.3. The Morgan fingerprint density at radius 3 is 3.00 bits per heavy atom. The van der Waals surface area contributed by atoms with Gasteiger partial charge in [-0.05, 0) is 48.4 Å². The molecule has 1 aliphatic carbocycles. The van der Waals surface area contributed by atoms with Crippen LogP contribution < -0.4 is 0 Å². The zero-order chi connectivity index (χ0) is 12.6. The van der Waals surface area contributed by atoms with Crippen molar-refractivity contribution in [2.75, 3.05) is 0 Å². The van der Waals surface area contributed by atoms with Gasteiger partial charge in [0.25, 0.3) is 0 Å². The molecule has 18 heavy (non-hydrogen) atoms. The Bertz CT molecular complexity index is 545. The smallest absolute Gasteiger partial charge is 0.0910 e. The molecule has 2 aromatic rings. The number of benzene rings is 1. The molecule has 0 amide bonds. The van der Waals surface area contributed by atoms with E-state index in [4.69, 9.17) is 0 Å². The second-order valence-corrected chi connectivity index (χ2v) is 6.63. The summed E-state index contributed by atoms with van der Waals surface area (Å²) in [6.07, 6.45) is 5.35. The molecule has 0 radical (unpaired) electrons. The summed E-state index contributed by atoms with van der Waals surface area (Å²) in [7, 11) is 0. The van der Waals surface area contributed by atoms with Crippen LogP contribution in [0.3, 0.4) is 0 Å². The van der Waals surface area contributed by atoms with Crippen LogP contribution in [0.25, 0.3) is 10.1 Å². The lowest BCUT2D eigenvalue weighted by molar-refractivity contribution is 0.0214. The maximum Gasteiger partial charge on any atom is 0.0910 e. The second kappa shape index (κ2) is 4.67. The molecule has 1 N–H and O–H groups in total. The summed E-state index contributed by atoms with van der Waals surface area (Å²) in [4.78, 5) is 0. The van der Waals surface area contributed by atoms with Crippen LogP contribution in [0.2, 0.25) is 0 Å². The minimum atomic E-state index is -0.602. The molecule has 1 aromatic heterocycles. The molecule has 96 valence electrons. The number of rotatable bonds is 1. The number of thiophene rings is 1. The van der Waals surface area contributed by atoms with Crippen molar-refractivity contribution in [2.24, 2.45) is 5.92 Å². The van der Waals surface area contributed by atoms with Gasteiger partial charge in [0.2, 0.25) is 0 Å². The molecule has 0 bridgehead atoms. The molecule has 1 aliphatic rings. The third-order valence-corrected chi connectivity index (χ3v) is 5.28.